The minimum atomic E-state index is -0.625. The zero-order chi connectivity index (χ0) is 13.8. The summed E-state index contributed by atoms with van der Waals surface area (Å²) in [4.78, 5) is 11.6. The maximum atomic E-state index is 12.9. The van der Waals surface area contributed by atoms with Gasteiger partial charge in [-0.05, 0) is 37.5 Å². The number of amides is 1. The van der Waals surface area contributed by atoms with Gasteiger partial charge in [0.2, 0.25) is 5.91 Å². The highest BCUT2D eigenvalue weighted by Gasteiger charge is 2.27. The zero-order valence-corrected chi connectivity index (χ0v) is 10.9. The van der Waals surface area contributed by atoms with Crippen LogP contribution in [-0.2, 0) is 9.53 Å². The van der Waals surface area contributed by atoms with E-state index in [0.29, 0.717) is 5.56 Å². The summed E-state index contributed by atoms with van der Waals surface area (Å²) in [6.45, 7) is 2.73. The number of nitrogens with one attached hydrogen (secondary N) is 1. The highest BCUT2D eigenvalue weighted by atomic mass is 19.1. The summed E-state index contributed by atoms with van der Waals surface area (Å²) < 4.78 is 18.5. The zero-order valence-electron chi connectivity index (χ0n) is 10.9. The van der Waals surface area contributed by atoms with Gasteiger partial charge in [-0.2, -0.15) is 0 Å². The quantitative estimate of drug-likeness (QED) is 0.849. The first kappa shape index (κ1) is 14.0. The van der Waals surface area contributed by atoms with Crippen LogP contribution in [0.1, 0.15) is 31.4 Å². The number of ether oxygens (including phenoxy) is 1. The molecule has 1 saturated heterocycles. The van der Waals surface area contributed by atoms with E-state index in [1.54, 1.807) is 12.1 Å². The largest absolute Gasteiger partial charge is 0.377 e. The van der Waals surface area contributed by atoms with Crippen molar-refractivity contribution in [1.29, 1.82) is 0 Å². The maximum Gasteiger partial charge on any atom is 0.239 e. The van der Waals surface area contributed by atoms with E-state index in [4.69, 9.17) is 10.5 Å². The van der Waals surface area contributed by atoms with Crippen LogP contribution in [0.25, 0.3) is 0 Å². The van der Waals surface area contributed by atoms with Gasteiger partial charge in [-0.1, -0.05) is 12.1 Å². The van der Waals surface area contributed by atoms with E-state index in [1.807, 2.05) is 6.92 Å². The molecule has 0 aliphatic carbocycles. The number of carbonyl (C=O) groups is 1. The van der Waals surface area contributed by atoms with Crippen LogP contribution in [0.4, 0.5) is 4.39 Å². The molecular weight excluding hydrogens is 247 g/mol. The Hall–Kier alpha value is -1.46. The SMILES string of the molecule is C[C@H](N[C@@H](C(N)=O)c1ccc(F)cc1)[C@H]1CCCO1. The van der Waals surface area contributed by atoms with Crippen LogP contribution in [0, 0.1) is 5.82 Å². The lowest BCUT2D eigenvalue weighted by molar-refractivity contribution is -0.120. The normalized spacial score (nSPS) is 22.1. The summed E-state index contributed by atoms with van der Waals surface area (Å²) in [6.07, 6.45) is 2.11. The monoisotopic (exact) mass is 266 g/mol. The van der Waals surface area contributed by atoms with Gasteiger partial charge in [0, 0.05) is 12.6 Å². The van der Waals surface area contributed by atoms with Gasteiger partial charge in [0.25, 0.3) is 0 Å². The lowest BCUT2D eigenvalue weighted by Crippen LogP contribution is -2.44. The van der Waals surface area contributed by atoms with Crippen LogP contribution in [-0.4, -0.2) is 24.7 Å². The van der Waals surface area contributed by atoms with Gasteiger partial charge in [-0.3, -0.25) is 10.1 Å². The van der Waals surface area contributed by atoms with Crippen molar-refractivity contribution in [1.82, 2.24) is 5.32 Å². The molecule has 1 fully saturated rings. The van der Waals surface area contributed by atoms with Crippen molar-refractivity contribution >= 4 is 5.91 Å². The molecule has 4 nitrogen and oxygen atoms in total. The fourth-order valence-corrected chi connectivity index (χ4v) is 2.36. The van der Waals surface area contributed by atoms with E-state index in [-0.39, 0.29) is 18.0 Å². The van der Waals surface area contributed by atoms with Crippen molar-refractivity contribution in [3.8, 4) is 0 Å². The van der Waals surface area contributed by atoms with Crippen LogP contribution in [0.3, 0.4) is 0 Å². The van der Waals surface area contributed by atoms with Crippen molar-refractivity contribution in [2.45, 2.75) is 38.0 Å². The lowest BCUT2D eigenvalue weighted by Gasteiger charge is -2.25. The van der Waals surface area contributed by atoms with Gasteiger partial charge in [-0.25, -0.2) is 4.39 Å². The predicted octanol–water partition coefficient (Wildman–Crippen LogP) is 1.51. The average Bonchev–Trinajstić information content (AvgIpc) is 2.90. The molecule has 1 heterocycles. The van der Waals surface area contributed by atoms with E-state index >= 15 is 0 Å². The molecular formula is C14H19FN2O2. The Morgan fingerprint density at radius 3 is 2.68 bits per heavy atom. The Labute approximate surface area is 112 Å². The molecule has 0 unspecified atom stereocenters. The summed E-state index contributed by atoms with van der Waals surface area (Å²) in [7, 11) is 0. The highest BCUT2D eigenvalue weighted by molar-refractivity contribution is 5.81. The number of hydrogen-bond acceptors (Lipinski definition) is 3. The van der Waals surface area contributed by atoms with E-state index in [9.17, 15) is 9.18 Å². The molecule has 0 aromatic heterocycles. The van der Waals surface area contributed by atoms with Crippen molar-refractivity contribution in [2.75, 3.05) is 6.61 Å². The lowest BCUT2D eigenvalue weighted by atomic mass is 10.0. The number of benzene rings is 1. The second kappa shape index (κ2) is 6.12. The number of rotatable bonds is 5. The molecule has 0 radical (unpaired) electrons. The van der Waals surface area contributed by atoms with E-state index < -0.39 is 11.9 Å². The molecule has 1 aromatic carbocycles. The first-order valence-corrected chi connectivity index (χ1v) is 6.50. The van der Waals surface area contributed by atoms with Gasteiger partial charge < -0.3 is 10.5 Å². The molecule has 1 aliphatic heterocycles. The van der Waals surface area contributed by atoms with Crippen molar-refractivity contribution in [2.24, 2.45) is 5.73 Å². The number of hydrogen-bond donors (Lipinski definition) is 2. The van der Waals surface area contributed by atoms with Crippen molar-refractivity contribution in [3.05, 3.63) is 35.6 Å². The van der Waals surface area contributed by atoms with Crippen molar-refractivity contribution in [3.63, 3.8) is 0 Å². The standard InChI is InChI=1S/C14H19FN2O2/c1-9(12-3-2-8-19-12)17-13(14(16)18)10-4-6-11(15)7-5-10/h4-7,9,12-13,17H,2-3,8H2,1H3,(H2,16,18)/t9-,12+,13+/m0/s1. The van der Waals surface area contributed by atoms with Crippen LogP contribution in [0.5, 0.6) is 0 Å². The van der Waals surface area contributed by atoms with Gasteiger partial charge in [0.1, 0.15) is 11.9 Å². The van der Waals surface area contributed by atoms with Crippen LogP contribution < -0.4 is 11.1 Å². The van der Waals surface area contributed by atoms with Gasteiger partial charge in [-0.15, -0.1) is 0 Å². The third-order valence-corrected chi connectivity index (χ3v) is 3.44. The van der Waals surface area contributed by atoms with Gasteiger partial charge in [0.05, 0.1) is 6.10 Å². The van der Waals surface area contributed by atoms with Crippen LogP contribution in [0.15, 0.2) is 24.3 Å². The van der Waals surface area contributed by atoms with Gasteiger partial charge >= 0.3 is 0 Å². The molecule has 19 heavy (non-hydrogen) atoms. The molecule has 2 rings (SSSR count). The number of halogens is 1. The first-order valence-electron chi connectivity index (χ1n) is 6.50. The fraction of sp³-hybridized carbons (Fsp3) is 0.500. The molecule has 3 N–H and O–H groups in total. The Morgan fingerprint density at radius 1 is 1.47 bits per heavy atom. The number of carbonyl (C=O) groups excluding carboxylic acids is 1. The minimum absolute atomic E-state index is 0.0186. The summed E-state index contributed by atoms with van der Waals surface area (Å²) in [5.74, 6) is -0.810. The maximum absolute atomic E-state index is 12.9. The first-order chi connectivity index (χ1) is 9.08. The molecule has 1 aromatic rings. The molecule has 1 amide bonds. The second-order valence-corrected chi connectivity index (χ2v) is 4.89. The summed E-state index contributed by atoms with van der Waals surface area (Å²) in [6, 6.07) is 5.18. The van der Waals surface area contributed by atoms with E-state index in [2.05, 4.69) is 5.32 Å². The Balaban J connectivity index is 2.07. The molecule has 0 bridgehead atoms. The van der Waals surface area contributed by atoms with Crippen molar-refractivity contribution < 1.29 is 13.9 Å². The molecule has 0 saturated carbocycles. The Morgan fingerprint density at radius 2 is 2.16 bits per heavy atom. The van der Waals surface area contributed by atoms with Crippen LogP contribution in [0.2, 0.25) is 0 Å². The molecule has 0 spiro atoms. The summed E-state index contributed by atoms with van der Waals surface area (Å²) in [5.41, 5.74) is 6.08. The highest BCUT2D eigenvalue weighted by Crippen LogP contribution is 2.19. The topological polar surface area (TPSA) is 64.3 Å². The molecule has 104 valence electrons. The number of primary amides is 1. The van der Waals surface area contributed by atoms with E-state index in [1.165, 1.54) is 12.1 Å². The number of nitrogens with two attached hydrogens (primary N) is 1. The molecule has 5 heteroatoms. The van der Waals surface area contributed by atoms with Crippen LogP contribution >= 0.6 is 0 Å². The minimum Gasteiger partial charge on any atom is -0.377 e. The second-order valence-electron chi connectivity index (χ2n) is 4.89. The van der Waals surface area contributed by atoms with E-state index in [0.717, 1.165) is 19.4 Å². The molecule has 3 atom stereocenters. The van der Waals surface area contributed by atoms with Gasteiger partial charge in [0.15, 0.2) is 0 Å². The smallest absolute Gasteiger partial charge is 0.239 e. The average molecular weight is 266 g/mol. The summed E-state index contributed by atoms with van der Waals surface area (Å²) >= 11 is 0. The predicted molar refractivity (Wildman–Crippen MR) is 69.9 cm³/mol. The fourth-order valence-electron chi connectivity index (χ4n) is 2.36. The third kappa shape index (κ3) is 3.52. The molecule has 1 aliphatic rings. The summed E-state index contributed by atoms with van der Waals surface area (Å²) in [5, 5.41) is 3.17. The Bertz CT molecular complexity index is 430. The Kier molecular flexibility index (Phi) is 4.50. The third-order valence-electron chi connectivity index (χ3n) is 3.44.